The third-order valence-corrected chi connectivity index (χ3v) is 4.44. The molecule has 4 nitrogen and oxygen atoms in total. The lowest BCUT2D eigenvalue weighted by atomic mass is 10.1. The normalized spacial score (nSPS) is 10.4. The van der Waals surface area contributed by atoms with E-state index in [1.165, 1.54) is 0 Å². The Kier molecular flexibility index (Phi) is 5.67. The Labute approximate surface area is 158 Å². The molecule has 0 unspecified atom stereocenters. The summed E-state index contributed by atoms with van der Waals surface area (Å²) in [6, 6.07) is 23.6. The van der Waals surface area contributed by atoms with Gasteiger partial charge in [0.1, 0.15) is 0 Å². The van der Waals surface area contributed by atoms with Crippen molar-refractivity contribution in [3.8, 4) is 0 Å². The van der Waals surface area contributed by atoms with Gasteiger partial charge in [0, 0.05) is 11.3 Å². The van der Waals surface area contributed by atoms with Crippen molar-refractivity contribution in [1.82, 2.24) is 0 Å². The van der Waals surface area contributed by atoms with Gasteiger partial charge in [-0.15, -0.1) is 0 Å². The summed E-state index contributed by atoms with van der Waals surface area (Å²) in [6.45, 7) is 2.35. The number of para-hydroxylation sites is 1. The van der Waals surface area contributed by atoms with Crippen molar-refractivity contribution in [2.24, 2.45) is 0 Å². The van der Waals surface area contributed by atoms with E-state index in [-0.39, 0.29) is 11.5 Å². The molecule has 0 fully saturated rings. The van der Waals surface area contributed by atoms with Crippen LogP contribution in [0.2, 0.25) is 0 Å². The van der Waals surface area contributed by atoms with Crippen LogP contribution in [0.4, 0.5) is 5.69 Å². The number of carbonyl (C=O) groups excluding carboxylic acids is 1. The van der Waals surface area contributed by atoms with Crippen LogP contribution in [0, 0.1) is 0 Å². The summed E-state index contributed by atoms with van der Waals surface area (Å²) in [4.78, 5) is 26.2. The molecule has 27 heavy (non-hydrogen) atoms. The fourth-order valence-corrected chi connectivity index (χ4v) is 3.06. The van der Waals surface area contributed by atoms with Crippen molar-refractivity contribution in [3.63, 3.8) is 0 Å². The summed E-state index contributed by atoms with van der Waals surface area (Å²) in [6.07, 6.45) is 0.796. The number of aryl methyl sites for hydroxylation is 1. The molecule has 0 radical (unpaired) electrons. The number of carboxylic acid groups (broad SMARTS) is 1. The first-order valence-corrected chi connectivity index (χ1v) is 8.87. The molecule has 0 atom stereocenters. The van der Waals surface area contributed by atoms with Crippen LogP contribution in [0.3, 0.4) is 0 Å². The lowest BCUT2D eigenvalue weighted by Crippen LogP contribution is -2.31. The van der Waals surface area contributed by atoms with Crippen LogP contribution in [0.25, 0.3) is 0 Å². The van der Waals surface area contributed by atoms with Crippen LogP contribution < -0.4 is 4.90 Å². The lowest BCUT2D eigenvalue weighted by molar-refractivity contribution is 0.0696. The number of amides is 1. The van der Waals surface area contributed by atoms with E-state index < -0.39 is 5.97 Å². The van der Waals surface area contributed by atoms with E-state index in [0.29, 0.717) is 12.1 Å². The van der Waals surface area contributed by atoms with Crippen molar-refractivity contribution < 1.29 is 14.7 Å². The quantitative estimate of drug-likeness (QED) is 0.688. The third kappa shape index (κ3) is 4.23. The number of hydrogen-bond acceptors (Lipinski definition) is 2. The van der Waals surface area contributed by atoms with Gasteiger partial charge in [-0.2, -0.15) is 0 Å². The van der Waals surface area contributed by atoms with Crippen molar-refractivity contribution in [3.05, 3.63) is 101 Å². The van der Waals surface area contributed by atoms with E-state index in [1.807, 2.05) is 48.5 Å². The van der Waals surface area contributed by atoms with Crippen molar-refractivity contribution >= 4 is 17.6 Å². The Morgan fingerprint density at radius 2 is 1.52 bits per heavy atom. The van der Waals surface area contributed by atoms with E-state index in [1.54, 1.807) is 35.2 Å². The van der Waals surface area contributed by atoms with Gasteiger partial charge in [0.2, 0.25) is 0 Å². The highest BCUT2D eigenvalue weighted by molar-refractivity contribution is 6.06. The van der Waals surface area contributed by atoms with Gasteiger partial charge in [-0.25, -0.2) is 4.79 Å². The minimum Gasteiger partial charge on any atom is -0.478 e. The van der Waals surface area contributed by atoms with Gasteiger partial charge in [-0.1, -0.05) is 55.5 Å². The maximum atomic E-state index is 13.2. The number of carboxylic acids is 1. The van der Waals surface area contributed by atoms with Gasteiger partial charge >= 0.3 is 5.97 Å². The highest BCUT2D eigenvalue weighted by Gasteiger charge is 2.20. The fourth-order valence-electron chi connectivity index (χ4n) is 3.06. The number of benzene rings is 3. The SMILES string of the molecule is CCc1ccccc1N(Cc1cccc(C(=O)O)c1)C(=O)c1ccccc1. The van der Waals surface area contributed by atoms with Crippen molar-refractivity contribution in [2.75, 3.05) is 4.90 Å². The molecule has 0 spiro atoms. The topological polar surface area (TPSA) is 57.6 Å². The molecule has 0 aromatic heterocycles. The van der Waals surface area contributed by atoms with Gasteiger partial charge in [0.15, 0.2) is 0 Å². The van der Waals surface area contributed by atoms with E-state index in [2.05, 4.69) is 6.92 Å². The standard InChI is InChI=1S/C23H21NO3/c1-2-18-10-6-7-14-21(18)24(22(25)19-11-4-3-5-12-19)16-17-9-8-13-20(15-17)23(26)27/h3-15H,2,16H2,1H3,(H,26,27). The molecule has 3 rings (SSSR count). The number of aromatic carboxylic acids is 1. The molecular weight excluding hydrogens is 338 g/mol. The summed E-state index contributed by atoms with van der Waals surface area (Å²) in [5, 5.41) is 9.25. The summed E-state index contributed by atoms with van der Waals surface area (Å²) >= 11 is 0. The van der Waals surface area contributed by atoms with Crippen LogP contribution >= 0.6 is 0 Å². The zero-order valence-electron chi connectivity index (χ0n) is 15.1. The molecule has 3 aromatic rings. The zero-order chi connectivity index (χ0) is 19.2. The Morgan fingerprint density at radius 1 is 0.852 bits per heavy atom. The van der Waals surface area contributed by atoms with Gasteiger partial charge in [0.25, 0.3) is 5.91 Å². The maximum absolute atomic E-state index is 13.2. The molecule has 0 bridgehead atoms. The number of hydrogen-bond donors (Lipinski definition) is 1. The highest BCUT2D eigenvalue weighted by atomic mass is 16.4. The minimum atomic E-state index is -0.980. The summed E-state index contributed by atoms with van der Waals surface area (Å²) in [7, 11) is 0. The molecule has 0 aliphatic carbocycles. The van der Waals surface area contributed by atoms with E-state index in [0.717, 1.165) is 23.2 Å². The van der Waals surface area contributed by atoms with Crippen molar-refractivity contribution in [2.45, 2.75) is 19.9 Å². The summed E-state index contributed by atoms with van der Waals surface area (Å²) in [5.41, 5.74) is 3.48. The monoisotopic (exact) mass is 359 g/mol. The number of carbonyl (C=O) groups is 2. The summed E-state index contributed by atoms with van der Waals surface area (Å²) in [5.74, 6) is -1.09. The molecule has 0 aliphatic rings. The molecular formula is C23H21NO3. The van der Waals surface area contributed by atoms with Gasteiger partial charge in [0.05, 0.1) is 12.1 Å². The first kappa shape index (κ1) is 18.4. The van der Waals surface area contributed by atoms with Gasteiger partial charge < -0.3 is 10.0 Å². The van der Waals surface area contributed by atoms with Crippen LogP contribution in [0.5, 0.6) is 0 Å². The molecule has 1 amide bonds. The zero-order valence-corrected chi connectivity index (χ0v) is 15.1. The van der Waals surface area contributed by atoms with Crippen LogP contribution in [-0.4, -0.2) is 17.0 Å². The average molecular weight is 359 g/mol. The molecule has 0 heterocycles. The predicted molar refractivity (Wildman–Crippen MR) is 106 cm³/mol. The first-order chi connectivity index (χ1) is 13.1. The molecule has 0 aliphatic heterocycles. The fraction of sp³-hybridized carbons (Fsp3) is 0.130. The first-order valence-electron chi connectivity index (χ1n) is 8.87. The molecule has 136 valence electrons. The van der Waals surface area contributed by atoms with Gasteiger partial charge in [-0.3, -0.25) is 4.79 Å². The number of rotatable bonds is 6. The number of anilines is 1. The van der Waals surface area contributed by atoms with Crippen LogP contribution in [0.1, 0.15) is 38.8 Å². The Balaban J connectivity index is 2.03. The molecule has 3 aromatic carbocycles. The lowest BCUT2D eigenvalue weighted by Gasteiger charge is -2.25. The largest absolute Gasteiger partial charge is 0.478 e. The minimum absolute atomic E-state index is 0.114. The van der Waals surface area contributed by atoms with Crippen LogP contribution in [-0.2, 0) is 13.0 Å². The van der Waals surface area contributed by atoms with Crippen molar-refractivity contribution in [1.29, 1.82) is 0 Å². The second-order valence-corrected chi connectivity index (χ2v) is 6.25. The second-order valence-electron chi connectivity index (χ2n) is 6.25. The predicted octanol–water partition coefficient (Wildman–Crippen LogP) is 4.79. The van der Waals surface area contributed by atoms with E-state index in [4.69, 9.17) is 0 Å². The molecule has 0 saturated heterocycles. The second kappa shape index (κ2) is 8.32. The highest BCUT2D eigenvalue weighted by Crippen LogP contribution is 2.25. The average Bonchev–Trinajstić information content (AvgIpc) is 2.72. The van der Waals surface area contributed by atoms with E-state index >= 15 is 0 Å². The van der Waals surface area contributed by atoms with E-state index in [9.17, 15) is 14.7 Å². The Bertz CT molecular complexity index is 951. The van der Waals surface area contributed by atoms with Gasteiger partial charge in [-0.05, 0) is 47.9 Å². The third-order valence-electron chi connectivity index (χ3n) is 4.44. The smallest absolute Gasteiger partial charge is 0.335 e. The Hall–Kier alpha value is -3.40. The molecule has 1 N–H and O–H groups in total. The summed E-state index contributed by atoms with van der Waals surface area (Å²) < 4.78 is 0. The molecule has 0 saturated carbocycles. The number of nitrogens with zero attached hydrogens (tertiary/aromatic N) is 1. The Morgan fingerprint density at radius 3 is 2.22 bits per heavy atom. The van der Waals surface area contributed by atoms with Crippen LogP contribution in [0.15, 0.2) is 78.9 Å². The molecule has 4 heteroatoms. The maximum Gasteiger partial charge on any atom is 0.335 e.